The summed E-state index contributed by atoms with van der Waals surface area (Å²) in [5, 5.41) is 3.85. The molecule has 0 saturated heterocycles. The van der Waals surface area contributed by atoms with Crippen molar-refractivity contribution < 1.29 is 4.79 Å². The number of benzene rings is 1. The standard InChI is InChI=1S/C18H20ClN3O/c19-15-10-14(17(20)23)11-21-18(15)22-16(9-12-5-4-6-12)13-7-2-1-3-8-13/h1-3,7-8,10-12,16H,4-6,9H2,(H2,20,23)(H,21,22). The first-order valence-corrected chi connectivity index (χ1v) is 8.28. The van der Waals surface area contributed by atoms with Crippen molar-refractivity contribution >= 4 is 23.3 Å². The summed E-state index contributed by atoms with van der Waals surface area (Å²) in [6, 6.07) is 12.0. The van der Waals surface area contributed by atoms with Gasteiger partial charge in [-0.15, -0.1) is 0 Å². The van der Waals surface area contributed by atoms with Gasteiger partial charge in [-0.25, -0.2) is 4.98 Å². The Kier molecular flexibility index (Phi) is 4.82. The number of amides is 1. The molecule has 1 aliphatic carbocycles. The zero-order valence-corrected chi connectivity index (χ0v) is 13.6. The van der Waals surface area contributed by atoms with Crippen LogP contribution in [0.3, 0.4) is 0 Å². The van der Waals surface area contributed by atoms with Crippen LogP contribution >= 0.6 is 11.6 Å². The van der Waals surface area contributed by atoms with Crippen LogP contribution in [0, 0.1) is 5.92 Å². The first kappa shape index (κ1) is 15.8. The molecule has 1 saturated carbocycles. The largest absolute Gasteiger partial charge is 0.366 e. The van der Waals surface area contributed by atoms with Gasteiger partial charge < -0.3 is 11.1 Å². The van der Waals surface area contributed by atoms with E-state index in [0.717, 1.165) is 12.3 Å². The van der Waals surface area contributed by atoms with E-state index < -0.39 is 5.91 Å². The molecule has 4 nitrogen and oxygen atoms in total. The van der Waals surface area contributed by atoms with Gasteiger partial charge in [0.1, 0.15) is 5.82 Å². The zero-order valence-electron chi connectivity index (χ0n) is 12.8. The molecule has 1 aliphatic rings. The number of nitrogens with one attached hydrogen (secondary N) is 1. The first-order valence-electron chi connectivity index (χ1n) is 7.90. The van der Waals surface area contributed by atoms with Gasteiger partial charge in [0.15, 0.2) is 0 Å². The number of primary amides is 1. The van der Waals surface area contributed by atoms with Gasteiger partial charge in [0.2, 0.25) is 5.91 Å². The van der Waals surface area contributed by atoms with Crippen molar-refractivity contribution in [1.29, 1.82) is 0 Å². The summed E-state index contributed by atoms with van der Waals surface area (Å²) in [5.41, 5.74) is 6.79. The van der Waals surface area contributed by atoms with Crippen molar-refractivity contribution in [2.24, 2.45) is 11.7 Å². The molecule has 23 heavy (non-hydrogen) atoms. The topological polar surface area (TPSA) is 68.0 Å². The Bertz CT molecular complexity index is 686. The second kappa shape index (κ2) is 7.01. The predicted octanol–water partition coefficient (Wildman–Crippen LogP) is 4.18. The Morgan fingerprint density at radius 2 is 2.09 bits per heavy atom. The highest BCUT2D eigenvalue weighted by Gasteiger charge is 2.24. The molecule has 2 aromatic rings. The Morgan fingerprint density at radius 3 is 2.65 bits per heavy atom. The third-order valence-electron chi connectivity index (χ3n) is 4.43. The van der Waals surface area contributed by atoms with Gasteiger partial charge in [-0.05, 0) is 24.0 Å². The summed E-state index contributed by atoms with van der Waals surface area (Å²) >= 11 is 6.26. The smallest absolute Gasteiger partial charge is 0.250 e. The highest BCUT2D eigenvalue weighted by Crippen LogP contribution is 2.36. The van der Waals surface area contributed by atoms with E-state index in [9.17, 15) is 4.79 Å². The molecule has 0 spiro atoms. The number of halogens is 1. The lowest BCUT2D eigenvalue weighted by molar-refractivity contribution is 0.1000. The van der Waals surface area contributed by atoms with E-state index in [1.807, 2.05) is 18.2 Å². The van der Waals surface area contributed by atoms with Gasteiger partial charge in [-0.1, -0.05) is 61.2 Å². The molecule has 1 unspecified atom stereocenters. The van der Waals surface area contributed by atoms with E-state index >= 15 is 0 Å². The Labute approximate surface area is 141 Å². The molecule has 1 aromatic heterocycles. The van der Waals surface area contributed by atoms with E-state index in [4.69, 9.17) is 17.3 Å². The van der Waals surface area contributed by atoms with Gasteiger partial charge in [0.25, 0.3) is 0 Å². The third-order valence-corrected chi connectivity index (χ3v) is 4.72. The van der Waals surface area contributed by atoms with Crippen molar-refractivity contribution in [3.05, 3.63) is 58.7 Å². The van der Waals surface area contributed by atoms with Crippen LogP contribution in [0.5, 0.6) is 0 Å². The summed E-state index contributed by atoms with van der Waals surface area (Å²) in [4.78, 5) is 15.5. The van der Waals surface area contributed by atoms with Crippen LogP contribution in [0.2, 0.25) is 5.02 Å². The van der Waals surface area contributed by atoms with Crippen LogP contribution in [0.25, 0.3) is 0 Å². The fourth-order valence-corrected chi connectivity index (χ4v) is 3.09. The average molecular weight is 330 g/mol. The number of carbonyl (C=O) groups is 1. The first-order chi connectivity index (χ1) is 11.1. The lowest BCUT2D eigenvalue weighted by Gasteiger charge is -2.31. The molecule has 1 heterocycles. The average Bonchev–Trinajstić information content (AvgIpc) is 2.51. The molecule has 0 radical (unpaired) electrons. The molecule has 120 valence electrons. The molecule has 0 bridgehead atoms. The van der Waals surface area contributed by atoms with Gasteiger partial charge in [-0.2, -0.15) is 0 Å². The van der Waals surface area contributed by atoms with Gasteiger partial charge in [-0.3, -0.25) is 4.79 Å². The normalized spacial score (nSPS) is 15.7. The molecule has 1 fully saturated rings. The van der Waals surface area contributed by atoms with Crippen molar-refractivity contribution in [3.63, 3.8) is 0 Å². The number of anilines is 1. The number of aromatic nitrogens is 1. The van der Waals surface area contributed by atoms with Crippen molar-refractivity contribution in [1.82, 2.24) is 4.98 Å². The summed E-state index contributed by atoms with van der Waals surface area (Å²) in [6.07, 6.45) is 6.40. The van der Waals surface area contributed by atoms with Crippen LogP contribution in [0.4, 0.5) is 5.82 Å². The quantitative estimate of drug-likeness (QED) is 0.835. The van der Waals surface area contributed by atoms with Crippen LogP contribution in [-0.4, -0.2) is 10.9 Å². The van der Waals surface area contributed by atoms with Crippen molar-refractivity contribution in [3.8, 4) is 0 Å². The van der Waals surface area contributed by atoms with Gasteiger partial charge in [0, 0.05) is 6.20 Å². The minimum Gasteiger partial charge on any atom is -0.366 e. The lowest BCUT2D eigenvalue weighted by atomic mass is 9.79. The number of hydrogen-bond acceptors (Lipinski definition) is 3. The molecule has 3 rings (SSSR count). The Balaban J connectivity index is 1.81. The molecule has 1 amide bonds. The van der Waals surface area contributed by atoms with E-state index in [0.29, 0.717) is 16.4 Å². The number of nitrogens with two attached hydrogens (primary N) is 1. The molecule has 3 N–H and O–H groups in total. The second-order valence-corrected chi connectivity index (χ2v) is 6.47. The molecule has 1 aromatic carbocycles. The fourth-order valence-electron chi connectivity index (χ4n) is 2.87. The molecular formula is C18H20ClN3O. The summed E-state index contributed by atoms with van der Waals surface area (Å²) in [7, 11) is 0. The molecule has 1 atom stereocenters. The third kappa shape index (κ3) is 3.82. The van der Waals surface area contributed by atoms with Crippen LogP contribution in [0.15, 0.2) is 42.6 Å². The van der Waals surface area contributed by atoms with Gasteiger partial charge >= 0.3 is 0 Å². The monoisotopic (exact) mass is 329 g/mol. The highest BCUT2D eigenvalue weighted by molar-refractivity contribution is 6.33. The number of nitrogens with zero attached hydrogens (tertiary/aromatic N) is 1. The maximum atomic E-state index is 11.2. The summed E-state index contributed by atoms with van der Waals surface area (Å²) in [5.74, 6) is 0.807. The van der Waals surface area contributed by atoms with Crippen LogP contribution in [-0.2, 0) is 0 Å². The van der Waals surface area contributed by atoms with Crippen LogP contribution < -0.4 is 11.1 Å². The number of pyridine rings is 1. The molecule has 0 aliphatic heterocycles. The van der Waals surface area contributed by atoms with Crippen LogP contribution in [0.1, 0.15) is 47.6 Å². The number of hydrogen-bond donors (Lipinski definition) is 2. The maximum absolute atomic E-state index is 11.2. The fraction of sp³-hybridized carbons (Fsp3) is 0.333. The lowest BCUT2D eigenvalue weighted by Crippen LogP contribution is -2.20. The summed E-state index contributed by atoms with van der Waals surface area (Å²) < 4.78 is 0. The number of rotatable bonds is 6. The van der Waals surface area contributed by atoms with E-state index in [-0.39, 0.29) is 6.04 Å². The highest BCUT2D eigenvalue weighted by atomic mass is 35.5. The summed E-state index contributed by atoms with van der Waals surface area (Å²) in [6.45, 7) is 0. The minimum absolute atomic E-state index is 0.158. The van der Waals surface area contributed by atoms with Crippen molar-refractivity contribution in [2.75, 3.05) is 5.32 Å². The molecule has 5 heteroatoms. The van der Waals surface area contributed by atoms with Gasteiger partial charge in [0.05, 0.1) is 16.6 Å². The zero-order chi connectivity index (χ0) is 16.2. The Hall–Kier alpha value is -2.07. The van der Waals surface area contributed by atoms with Crippen molar-refractivity contribution in [2.45, 2.75) is 31.7 Å². The predicted molar refractivity (Wildman–Crippen MR) is 92.5 cm³/mol. The Morgan fingerprint density at radius 1 is 1.35 bits per heavy atom. The van der Waals surface area contributed by atoms with E-state index in [1.54, 1.807) is 6.07 Å². The number of carbonyl (C=O) groups excluding carboxylic acids is 1. The van der Waals surface area contributed by atoms with E-state index in [2.05, 4.69) is 22.4 Å². The SMILES string of the molecule is NC(=O)c1cnc(NC(CC2CCC2)c2ccccc2)c(Cl)c1. The minimum atomic E-state index is -0.528. The maximum Gasteiger partial charge on any atom is 0.250 e. The second-order valence-electron chi connectivity index (χ2n) is 6.06. The molecular weight excluding hydrogens is 310 g/mol. The van der Waals surface area contributed by atoms with E-state index in [1.165, 1.54) is 31.0 Å².